The summed E-state index contributed by atoms with van der Waals surface area (Å²) in [5.74, 6) is 0.997. The van der Waals surface area contributed by atoms with Gasteiger partial charge in [-0.3, -0.25) is 4.79 Å². The monoisotopic (exact) mass is 397 g/mol. The number of fused-ring (bicyclic) bond motifs is 2. The Morgan fingerprint density at radius 2 is 2.21 bits per heavy atom. The van der Waals surface area contributed by atoms with Crippen LogP contribution in [0.3, 0.4) is 0 Å². The van der Waals surface area contributed by atoms with E-state index in [9.17, 15) is 4.79 Å². The molecule has 0 unspecified atom stereocenters. The van der Waals surface area contributed by atoms with Gasteiger partial charge < -0.3 is 14.0 Å². The molecule has 1 aromatic carbocycles. The average molecular weight is 397 g/mol. The van der Waals surface area contributed by atoms with Crippen molar-refractivity contribution in [1.82, 2.24) is 15.0 Å². The molecule has 0 N–H and O–H groups in total. The van der Waals surface area contributed by atoms with Crippen LogP contribution in [0.25, 0.3) is 21.3 Å². The highest BCUT2D eigenvalue weighted by atomic mass is 32.1. The average Bonchev–Trinajstić information content (AvgIpc) is 3.24. The Kier molecular flexibility index (Phi) is 5.23. The van der Waals surface area contributed by atoms with Gasteiger partial charge in [-0.15, -0.1) is 5.06 Å². The first-order valence-corrected chi connectivity index (χ1v) is 9.69. The van der Waals surface area contributed by atoms with Crippen LogP contribution in [0.4, 0.5) is 0 Å². The smallest absolute Gasteiger partial charge is 0.313 e. The molecule has 3 heterocycles. The van der Waals surface area contributed by atoms with E-state index in [0.29, 0.717) is 47.7 Å². The third-order valence-corrected chi connectivity index (χ3v) is 4.97. The number of pyridine rings is 1. The summed E-state index contributed by atoms with van der Waals surface area (Å²) in [6.45, 7) is 5.67. The molecule has 3 aromatic heterocycles. The third kappa shape index (κ3) is 3.97. The maximum absolute atomic E-state index is 10.8. The Morgan fingerprint density at radius 1 is 1.32 bits per heavy atom. The lowest BCUT2D eigenvalue weighted by Crippen LogP contribution is -2.27. The molecule has 0 fully saturated rings. The molecule has 8 heteroatoms. The normalized spacial score (nSPS) is 11.6. The number of ether oxygens (including phenoxy) is 1. The van der Waals surface area contributed by atoms with E-state index in [1.165, 1.54) is 11.3 Å². The fraction of sp³-hybridized carbons (Fsp3) is 0.250. The summed E-state index contributed by atoms with van der Waals surface area (Å²) in [6.07, 6.45) is 3.39. The van der Waals surface area contributed by atoms with Crippen LogP contribution in [0.5, 0.6) is 10.9 Å². The Hall–Kier alpha value is -2.97. The molecule has 4 rings (SSSR count). The molecular formula is C20H19N3O4S. The zero-order valence-corrected chi connectivity index (χ0v) is 16.3. The van der Waals surface area contributed by atoms with Crippen LogP contribution in [-0.4, -0.2) is 28.0 Å². The van der Waals surface area contributed by atoms with E-state index in [0.717, 1.165) is 15.6 Å². The maximum atomic E-state index is 10.8. The van der Waals surface area contributed by atoms with Crippen LogP contribution in [0.15, 0.2) is 47.2 Å². The fourth-order valence-corrected chi connectivity index (χ4v) is 3.74. The summed E-state index contributed by atoms with van der Waals surface area (Å²) >= 11 is 1.44. The summed E-state index contributed by atoms with van der Waals surface area (Å²) < 4.78 is 12.5. The Balaban J connectivity index is 1.54. The summed E-state index contributed by atoms with van der Waals surface area (Å²) in [5, 5.41) is 3.10. The molecular weight excluding hydrogens is 378 g/mol. The number of hydrogen-bond donors (Lipinski definition) is 0. The summed E-state index contributed by atoms with van der Waals surface area (Å²) in [5.41, 5.74) is 2.31. The Bertz CT molecular complexity index is 1070. The largest absolute Gasteiger partial charge is 0.464 e. The van der Waals surface area contributed by atoms with Crippen LogP contribution in [0, 0.1) is 5.92 Å². The van der Waals surface area contributed by atoms with Gasteiger partial charge in [-0.05, 0) is 30.2 Å². The molecule has 7 nitrogen and oxygen atoms in total. The van der Waals surface area contributed by atoms with E-state index in [2.05, 4.69) is 23.8 Å². The predicted molar refractivity (Wildman–Crippen MR) is 106 cm³/mol. The SMILES string of the molecule is CC(C)CN(Cc1coc2cc(Oc3nc4ncccc4s3)ccc12)OC=O. The van der Waals surface area contributed by atoms with Crippen LogP contribution in [0.1, 0.15) is 19.4 Å². The number of hydroxylamine groups is 2. The number of furan rings is 1. The number of rotatable bonds is 8. The van der Waals surface area contributed by atoms with Gasteiger partial charge in [0.25, 0.3) is 5.19 Å². The summed E-state index contributed by atoms with van der Waals surface area (Å²) in [4.78, 5) is 24.4. The highest BCUT2D eigenvalue weighted by molar-refractivity contribution is 7.20. The molecule has 0 saturated carbocycles. The van der Waals surface area contributed by atoms with Gasteiger partial charge in [-0.1, -0.05) is 25.2 Å². The first-order chi connectivity index (χ1) is 13.6. The molecule has 0 aliphatic heterocycles. The van der Waals surface area contributed by atoms with Gasteiger partial charge in [0, 0.05) is 29.8 Å². The van der Waals surface area contributed by atoms with E-state index in [1.807, 2.05) is 30.3 Å². The standard InChI is InChI=1S/C20H19N3O4S/c1-13(2)9-23(26-12-24)10-14-11-25-17-8-15(5-6-16(14)17)27-20-22-19-18(28-20)4-3-7-21-19/h3-8,11-13H,9-10H2,1-2H3. The second-order valence-corrected chi connectivity index (χ2v) is 7.74. The van der Waals surface area contributed by atoms with Gasteiger partial charge >= 0.3 is 6.47 Å². The van der Waals surface area contributed by atoms with Gasteiger partial charge in [0.05, 0.1) is 17.5 Å². The van der Waals surface area contributed by atoms with Crippen molar-refractivity contribution in [2.75, 3.05) is 6.54 Å². The molecule has 0 radical (unpaired) electrons. The molecule has 0 atom stereocenters. The number of aromatic nitrogens is 2. The first kappa shape index (κ1) is 18.4. The van der Waals surface area contributed by atoms with Crippen LogP contribution in [-0.2, 0) is 16.2 Å². The van der Waals surface area contributed by atoms with Crippen molar-refractivity contribution in [3.05, 3.63) is 48.4 Å². The molecule has 0 aliphatic rings. The lowest BCUT2D eigenvalue weighted by Gasteiger charge is -2.20. The predicted octanol–water partition coefficient (Wildman–Crippen LogP) is 4.78. The molecule has 0 amide bonds. The van der Waals surface area contributed by atoms with Crippen LogP contribution < -0.4 is 4.74 Å². The topological polar surface area (TPSA) is 77.7 Å². The molecule has 0 spiro atoms. The highest BCUT2D eigenvalue weighted by Crippen LogP contribution is 2.33. The fourth-order valence-electron chi connectivity index (χ4n) is 2.95. The van der Waals surface area contributed by atoms with Gasteiger partial charge in [-0.2, -0.15) is 4.98 Å². The van der Waals surface area contributed by atoms with E-state index < -0.39 is 0 Å². The quantitative estimate of drug-likeness (QED) is 0.313. The van der Waals surface area contributed by atoms with Crippen LogP contribution >= 0.6 is 11.3 Å². The molecule has 0 saturated heterocycles. The highest BCUT2D eigenvalue weighted by Gasteiger charge is 2.15. The van der Waals surface area contributed by atoms with E-state index in [1.54, 1.807) is 17.5 Å². The van der Waals surface area contributed by atoms with E-state index in [-0.39, 0.29) is 0 Å². The Morgan fingerprint density at radius 3 is 3.00 bits per heavy atom. The second kappa shape index (κ2) is 7.95. The van der Waals surface area contributed by atoms with Gasteiger partial charge in [0.15, 0.2) is 5.65 Å². The van der Waals surface area contributed by atoms with Gasteiger partial charge in [0.1, 0.15) is 11.3 Å². The van der Waals surface area contributed by atoms with E-state index in [4.69, 9.17) is 14.0 Å². The van der Waals surface area contributed by atoms with Crippen molar-refractivity contribution in [3.63, 3.8) is 0 Å². The number of carbonyl (C=O) groups is 1. The molecule has 144 valence electrons. The lowest BCUT2D eigenvalue weighted by molar-refractivity contribution is -0.179. The number of carbonyl (C=O) groups excluding carboxylic acids is 1. The van der Waals surface area contributed by atoms with Crippen molar-refractivity contribution in [2.45, 2.75) is 20.4 Å². The first-order valence-electron chi connectivity index (χ1n) is 8.87. The maximum Gasteiger partial charge on any atom is 0.313 e. The van der Waals surface area contributed by atoms with Crippen molar-refractivity contribution in [3.8, 4) is 10.9 Å². The van der Waals surface area contributed by atoms with E-state index >= 15 is 0 Å². The number of benzene rings is 1. The van der Waals surface area contributed by atoms with Crippen molar-refractivity contribution < 1.29 is 18.8 Å². The van der Waals surface area contributed by atoms with Crippen molar-refractivity contribution in [2.24, 2.45) is 5.92 Å². The summed E-state index contributed by atoms with van der Waals surface area (Å²) in [7, 11) is 0. The minimum absolute atomic E-state index is 0.362. The lowest BCUT2D eigenvalue weighted by atomic mass is 10.1. The second-order valence-electron chi connectivity index (χ2n) is 6.74. The van der Waals surface area contributed by atoms with Gasteiger partial charge in [0.2, 0.25) is 0 Å². The molecule has 0 aliphatic carbocycles. The minimum atomic E-state index is 0.362. The molecule has 0 bridgehead atoms. The van der Waals surface area contributed by atoms with Crippen molar-refractivity contribution in [1.29, 1.82) is 0 Å². The molecule has 28 heavy (non-hydrogen) atoms. The third-order valence-electron chi connectivity index (χ3n) is 4.09. The number of thiazole rings is 1. The number of nitrogens with zero attached hydrogens (tertiary/aromatic N) is 3. The molecule has 4 aromatic rings. The van der Waals surface area contributed by atoms with Crippen LogP contribution in [0.2, 0.25) is 0 Å². The van der Waals surface area contributed by atoms with Crippen molar-refractivity contribution >= 4 is 39.1 Å². The minimum Gasteiger partial charge on any atom is -0.464 e. The Labute approximate surface area is 165 Å². The zero-order chi connectivity index (χ0) is 19.5. The number of hydrogen-bond acceptors (Lipinski definition) is 8. The van der Waals surface area contributed by atoms with Gasteiger partial charge in [-0.25, -0.2) is 4.98 Å². The summed E-state index contributed by atoms with van der Waals surface area (Å²) in [6, 6.07) is 9.46. The zero-order valence-electron chi connectivity index (χ0n) is 15.5.